The Balaban J connectivity index is 1.64. The topological polar surface area (TPSA) is 124 Å². The highest BCUT2D eigenvalue weighted by Crippen LogP contribution is 2.38. The number of amidine groups is 1. The van der Waals surface area contributed by atoms with Crippen molar-refractivity contribution < 1.29 is 33.4 Å². The molecule has 0 unspecified atom stereocenters. The van der Waals surface area contributed by atoms with Crippen LogP contribution in [0.3, 0.4) is 0 Å². The highest BCUT2D eigenvalue weighted by molar-refractivity contribution is 8.14. The summed E-state index contributed by atoms with van der Waals surface area (Å²) in [7, 11) is 0. The highest BCUT2D eigenvalue weighted by Gasteiger charge is 2.35. The molecule has 1 N–H and O–H groups in total. The third kappa shape index (κ3) is 10.3. The number of aliphatic imine (C=N–C) groups is 1. The average Bonchev–Trinajstić information content (AvgIpc) is 3.13. The van der Waals surface area contributed by atoms with E-state index in [2.05, 4.69) is 16.9 Å². The van der Waals surface area contributed by atoms with Crippen LogP contribution in [0.2, 0.25) is 5.02 Å². The summed E-state index contributed by atoms with van der Waals surface area (Å²) in [4.78, 5) is 58.4. The van der Waals surface area contributed by atoms with Crippen molar-refractivity contribution in [2.24, 2.45) is 4.99 Å². The van der Waals surface area contributed by atoms with Crippen LogP contribution >= 0.6 is 23.4 Å². The van der Waals surface area contributed by atoms with E-state index in [1.807, 2.05) is 60.7 Å². The van der Waals surface area contributed by atoms with E-state index in [0.29, 0.717) is 11.3 Å². The molecule has 264 valence electrons. The molecule has 1 heterocycles. The molecule has 10 nitrogen and oxygen atoms in total. The van der Waals surface area contributed by atoms with Gasteiger partial charge in [0.15, 0.2) is 23.3 Å². The van der Waals surface area contributed by atoms with Gasteiger partial charge in [0.2, 0.25) is 5.91 Å². The minimum Gasteiger partial charge on any atom is -0.490 e. The summed E-state index contributed by atoms with van der Waals surface area (Å²) in [6.07, 6.45) is 7.88. The second-order valence-electron chi connectivity index (χ2n) is 10.7. The maximum atomic E-state index is 14.1. The van der Waals surface area contributed by atoms with Gasteiger partial charge in [-0.15, -0.1) is 0 Å². The minimum atomic E-state index is -0.800. The molecule has 0 aromatic heterocycles. The zero-order valence-electron chi connectivity index (χ0n) is 28.5. The second-order valence-corrected chi connectivity index (χ2v) is 12.0. The number of allylic oxidation sites excluding steroid dienone is 4. The van der Waals surface area contributed by atoms with Crippen LogP contribution in [0.15, 0.2) is 120 Å². The Hall–Kier alpha value is -5.39. The van der Waals surface area contributed by atoms with Gasteiger partial charge in [0.1, 0.15) is 5.57 Å². The van der Waals surface area contributed by atoms with E-state index in [4.69, 9.17) is 25.8 Å². The van der Waals surface area contributed by atoms with Crippen molar-refractivity contribution in [1.29, 1.82) is 0 Å². The Kier molecular flexibility index (Phi) is 14.4. The number of hydrogen-bond acceptors (Lipinski definition) is 8. The average molecular weight is 728 g/mol. The van der Waals surface area contributed by atoms with Gasteiger partial charge in [-0.3, -0.25) is 19.3 Å². The van der Waals surface area contributed by atoms with Crippen molar-refractivity contribution in [3.63, 3.8) is 0 Å². The number of rotatable bonds is 15. The fourth-order valence-corrected chi connectivity index (χ4v) is 6.05. The number of hydrogen-bond donors (Lipinski definition) is 1. The van der Waals surface area contributed by atoms with E-state index in [0.717, 1.165) is 22.9 Å². The Bertz CT molecular complexity index is 1830. The molecule has 0 bridgehead atoms. The fraction of sp³-hybridized carbons (Fsp3) is 0.205. The molecule has 0 fully saturated rings. The number of thioether (sulfide) groups is 1. The second kappa shape index (κ2) is 19.1. The van der Waals surface area contributed by atoms with Crippen LogP contribution in [0, 0.1) is 0 Å². The molecule has 12 heteroatoms. The van der Waals surface area contributed by atoms with Gasteiger partial charge >= 0.3 is 5.97 Å². The summed E-state index contributed by atoms with van der Waals surface area (Å²) in [5.74, 6) is -2.19. The molecule has 4 rings (SSSR count). The quantitative estimate of drug-likeness (QED) is 0.0763. The summed E-state index contributed by atoms with van der Waals surface area (Å²) in [5, 5.41) is 3.19. The van der Waals surface area contributed by atoms with Gasteiger partial charge in [0.05, 0.1) is 30.0 Å². The number of esters is 1. The van der Waals surface area contributed by atoms with Crippen molar-refractivity contribution in [1.82, 2.24) is 10.2 Å². The van der Waals surface area contributed by atoms with Crippen LogP contribution in [0.1, 0.15) is 43.5 Å². The Morgan fingerprint density at radius 3 is 2.25 bits per heavy atom. The largest absolute Gasteiger partial charge is 0.490 e. The molecule has 0 atom stereocenters. The summed E-state index contributed by atoms with van der Waals surface area (Å²) in [5.41, 5.74) is 2.31. The van der Waals surface area contributed by atoms with E-state index in [-0.39, 0.29) is 52.1 Å². The Morgan fingerprint density at radius 1 is 1.00 bits per heavy atom. The van der Waals surface area contributed by atoms with Gasteiger partial charge in [0.25, 0.3) is 11.8 Å². The smallest absolute Gasteiger partial charge is 0.344 e. The predicted octanol–water partition coefficient (Wildman–Crippen LogP) is 7.07. The number of amides is 3. The molecule has 51 heavy (non-hydrogen) atoms. The molecule has 0 saturated heterocycles. The lowest BCUT2D eigenvalue weighted by Crippen LogP contribution is -2.42. The molecule has 1 aliphatic rings. The van der Waals surface area contributed by atoms with E-state index >= 15 is 0 Å². The summed E-state index contributed by atoms with van der Waals surface area (Å²) in [6.45, 7) is 8.92. The van der Waals surface area contributed by atoms with Crippen LogP contribution in [0.5, 0.6) is 11.5 Å². The van der Waals surface area contributed by atoms with Crippen molar-refractivity contribution >= 4 is 58.3 Å². The molecule has 0 radical (unpaired) electrons. The first-order valence-corrected chi connectivity index (χ1v) is 17.5. The van der Waals surface area contributed by atoms with Gasteiger partial charge < -0.3 is 19.5 Å². The van der Waals surface area contributed by atoms with Gasteiger partial charge in [-0.05, 0) is 61.7 Å². The van der Waals surface area contributed by atoms with Gasteiger partial charge in [0, 0.05) is 5.70 Å². The lowest BCUT2D eigenvalue weighted by molar-refractivity contribution is -0.145. The van der Waals surface area contributed by atoms with Crippen LogP contribution in [0.25, 0.3) is 6.08 Å². The van der Waals surface area contributed by atoms with E-state index in [1.54, 1.807) is 45.1 Å². The maximum absolute atomic E-state index is 14.1. The van der Waals surface area contributed by atoms with Crippen molar-refractivity contribution in [2.45, 2.75) is 26.8 Å². The summed E-state index contributed by atoms with van der Waals surface area (Å²) >= 11 is 7.49. The van der Waals surface area contributed by atoms with Gasteiger partial charge in [-0.1, -0.05) is 109 Å². The number of nitrogens with zero attached hydrogens (tertiary/aromatic N) is 2. The molecule has 1 aliphatic heterocycles. The fourth-order valence-electron chi connectivity index (χ4n) is 4.97. The van der Waals surface area contributed by atoms with Crippen LogP contribution in [0.4, 0.5) is 0 Å². The lowest BCUT2D eigenvalue weighted by atomic mass is 9.99. The van der Waals surface area contributed by atoms with E-state index in [1.165, 1.54) is 23.1 Å². The number of halogens is 1. The normalized spacial score (nSPS) is 14.1. The number of carbonyl (C=O) groups is 4. The van der Waals surface area contributed by atoms with Crippen LogP contribution in [-0.4, -0.2) is 59.3 Å². The highest BCUT2D eigenvalue weighted by atomic mass is 35.5. The third-order valence-corrected chi connectivity index (χ3v) is 8.41. The molecule has 0 spiro atoms. The van der Waals surface area contributed by atoms with Gasteiger partial charge in [-0.2, -0.15) is 4.99 Å². The zero-order chi connectivity index (χ0) is 36.8. The Labute approximate surface area is 306 Å². The predicted molar refractivity (Wildman–Crippen MR) is 200 cm³/mol. The first kappa shape index (κ1) is 38.4. The van der Waals surface area contributed by atoms with E-state index < -0.39 is 30.4 Å². The van der Waals surface area contributed by atoms with E-state index in [9.17, 15) is 19.2 Å². The number of benzene rings is 3. The SMILES string of the molecule is C=C/C=C\C(=C/C)N1C(=O)/C(=C/c2cc(Cl)c(OCC(=O)OCC)c(OCC)c2)C(=O)N=C1SCC(=O)NC(c1ccccc1)c1ccccc1. The van der Waals surface area contributed by atoms with Crippen molar-refractivity contribution in [3.05, 3.63) is 137 Å². The standard InChI is InChI=1S/C39H38ClN3O7S/c1-5-9-20-29(6-2)43-38(47)30(21-26-22-31(40)36(32(23-26)48-7-3)50-24-34(45)49-8-4)37(46)42-39(43)51-25-33(44)41-35(27-16-12-10-13-17-27)28-18-14-11-15-19-28/h5-6,9-23,35H,1,7-8,24-25H2,2-4H3,(H,41,44)/b20-9-,29-6+,30-21+. The first-order valence-electron chi connectivity index (χ1n) is 16.1. The van der Waals surface area contributed by atoms with Crippen LogP contribution < -0.4 is 14.8 Å². The zero-order valence-corrected chi connectivity index (χ0v) is 30.0. The first-order chi connectivity index (χ1) is 24.7. The number of ether oxygens (including phenoxy) is 3. The molecule has 3 aromatic carbocycles. The molecule has 0 aliphatic carbocycles. The molecular weight excluding hydrogens is 690 g/mol. The molecule has 3 amide bonds. The summed E-state index contributed by atoms with van der Waals surface area (Å²) in [6, 6.07) is 21.7. The van der Waals surface area contributed by atoms with Gasteiger partial charge in [-0.25, -0.2) is 4.79 Å². The lowest BCUT2D eigenvalue weighted by Gasteiger charge is -2.28. The molecular formula is C39H38ClN3O7S. The maximum Gasteiger partial charge on any atom is 0.344 e. The minimum absolute atomic E-state index is 0.0332. The summed E-state index contributed by atoms with van der Waals surface area (Å²) < 4.78 is 16.2. The molecule has 0 saturated carbocycles. The third-order valence-electron chi connectivity index (χ3n) is 7.20. The van der Waals surface area contributed by atoms with Crippen LogP contribution in [-0.2, 0) is 23.9 Å². The monoisotopic (exact) mass is 727 g/mol. The van der Waals surface area contributed by atoms with Crippen molar-refractivity contribution in [3.8, 4) is 11.5 Å². The Morgan fingerprint density at radius 2 is 1.67 bits per heavy atom. The van der Waals surface area contributed by atoms with Crippen molar-refractivity contribution in [2.75, 3.05) is 25.6 Å². The molecule has 3 aromatic rings. The number of nitrogens with one attached hydrogen (secondary N) is 1. The number of carbonyl (C=O) groups excluding carboxylic acids is 4.